The predicted octanol–water partition coefficient (Wildman–Crippen LogP) is 3.36. The van der Waals surface area contributed by atoms with Crippen LogP contribution in [0.3, 0.4) is 0 Å². The summed E-state index contributed by atoms with van der Waals surface area (Å²) in [4.78, 5) is 3.78. The van der Waals surface area contributed by atoms with Crippen molar-refractivity contribution in [3.63, 3.8) is 0 Å². The lowest BCUT2D eigenvalue weighted by atomic mass is 10.5. The van der Waals surface area contributed by atoms with E-state index < -0.39 is 0 Å². The summed E-state index contributed by atoms with van der Waals surface area (Å²) in [6.45, 7) is 0. The van der Waals surface area contributed by atoms with E-state index in [0.717, 1.165) is 0 Å². The molecular formula is C5H5AlI3N. The molecule has 0 N–H and O–H groups in total. The summed E-state index contributed by atoms with van der Waals surface area (Å²) in [5.41, 5.74) is 0. The Balaban J connectivity index is 0.000000180. The highest BCUT2D eigenvalue weighted by atomic mass is 127. The molecule has 10 heavy (non-hydrogen) atoms. The minimum atomic E-state index is -0.229. The van der Waals surface area contributed by atoms with E-state index >= 15 is 0 Å². The summed E-state index contributed by atoms with van der Waals surface area (Å²) in [5, 5.41) is 0. The van der Waals surface area contributed by atoms with Crippen LogP contribution in [0.2, 0.25) is 0 Å². The quantitative estimate of drug-likeness (QED) is 0.405. The average molecular weight is 487 g/mol. The number of halogens is 3. The van der Waals surface area contributed by atoms with Crippen LogP contribution in [0.15, 0.2) is 30.6 Å². The van der Waals surface area contributed by atoms with E-state index in [0.29, 0.717) is 0 Å². The molecule has 0 aromatic carbocycles. The molecule has 0 atom stereocenters. The first-order valence-corrected chi connectivity index (χ1v) is 15.0. The summed E-state index contributed by atoms with van der Waals surface area (Å²) >= 11 is 7.37. The zero-order valence-electron chi connectivity index (χ0n) is 5.05. The van der Waals surface area contributed by atoms with Gasteiger partial charge in [0.15, 0.2) is 0 Å². The maximum atomic E-state index is 3.78. The van der Waals surface area contributed by atoms with Crippen molar-refractivity contribution in [1.29, 1.82) is 0 Å². The monoisotopic (exact) mass is 487 g/mol. The number of nitrogens with zero attached hydrogens (tertiary/aromatic N) is 1. The van der Waals surface area contributed by atoms with Crippen molar-refractivity contribution in [3.8, 4) is 0 Å². The standard InChI is InChI=1S/C5H5N.Al.3HI/c1-2-4-6-5-3-1;;;;/h1-5H;;3*1H/q;+3;;;/p-3. The van der Waals surface area contributed by atoms with E-state index in [1.807, 2.05) is 18.2 Å². The van der Waals surface area contributed by atoms with Gasteiger partial charge in [0, 0.05) is 12.4 Å². The molecule has 0 fully saturated rings. The van der Waals surface area contributed by atoms with Crippen molar-refractivity contribution in [2.24, 2.45) is 0 Å². The van der Waals surface area contributed by atoms with Crippen molar-refractivity contribution >= 4 is 65.1 Å². The minimum Gasteiger partial charge on any atom is -0.265 e. The van der Waals surface area contributed by atoms with Crippen LogP contribution < -0.4 is 0 Å². The molecular weight excluding hydrogens is 482 g/mol. The highest BCUT2D eigenvalue weighted by molar-refractivity contribution is 14.4. The molecule has 0 bridgehead atoms. The molecule has 1 nitrogen and oxygen atoms in total. The van der Waals surface area contributed by atoms with Crippen molar-refractivity contribution in [3.05, 3.63) is 30.6 Å². The summed E-state index contributed by atoms with van der Waals surface area (Å²) in [6.07, 6.45) is 3.50. The third-order valence-corrected chi connectivity index (χ3v) is 0.566. The Labute approximate surface area is 98.8 Å². The number of rotatable bonds is 0. The van der Waals surface area contributed by atoms with E-state index in [1.54, 1.807) is 12.4 Å². The van der Waals surface area contributed by atoms with E-state index in [4.69, 9.17) is 0 Å². The second-order valence-corrected chi connectivity index (χ2v) is 34.4. The topological polar surface area (TPSA) is 12.9 Å². The maximum absolute atomic E-state index is 3.78. The molecule has 1 aromatic rings. The van der Waals surface area contributed by atoms with Gasteiger partial charge in [-0.15, -0.1) is 0 Å². The van der Waals surface area contributed by atoms with Gasteiger partial charge in [0.1, 0.15) is 0 Å². The first kappa shape index (κ1) is 11.9. The molecule has 0 amide bonds. The van der Waals surface area contributed by atoms with E-state index in [-0.39, 0.29) is 4.30 Å². The molecule has 0 saturated carbocycles. The van der Waals surface area contributed by atoms with Crippen LogP contribution in [0.25, 0.3) is 0 Å². The van der Waals surface area contributed by atoms with Gasteiger partial charge < -0.3 is 0 Å². The van der Waals surface area contributed by atoms with Gasteiger partial charge in [-0.1, -0.05) is 6.07 Å². The van der Waals surface area contributed by atoms with Gasteiger partial charge in [0.2, 0.25) is 0 Å². The lowest BCUT2D eigenvalue weighted by molar-refractivity contribution is 1.33. The lowest BCUT2D eigenvalue weighted by Gasteiger charge is -1.70. The van der Waals surface area contributed by atoms with Gasteiger partial charge in [0.05, 0.1) is 0 Å². The molecule has 54 valence electrons. The number of hydrogen-bond acceptors (Lipinski definition) is 1. The van der Waals surface area contributed by atoms with E-state index in [2.05, 4.69) is 65.8 Å². The van der Waals surface area contributed by atoms with Gasteiger partial charge in [-0.05, 0) is 12.1 Å². The average Bonchev–Trinajstić information content (AvgIpc) is 1.90. The first-order valence-electron chi connectivity index (χ1n) is 2.50. The van der Waals surface area contributed by atoms with E-state index in [1.165, 1.54) is 0 Å². The normalized spacial score (nSPS) is 7.50. The highest BCUT2D eigenvalue weighted by Crippen LogP contribution is 2.10. The fourth-order valence-electron chi connectivity index (χ4n) is 0.313. The van der Waals surface area contributed by atoms with Crippen LogP contribution in [0.1, 0.15) is 0 Å². The third kappa shape index (κ3) is 12.5. The van der Waals surface area contributed by atoms with Gasteiger partial charge in [0.25, 0.3) is 0 Å². The van der Waals surface area contributed by atoms with Crippen LogP contribution >= 0.6 is 60.8 Å². The molecule has 0 aliphatic heterocycles. The van der Waals surface area contributed by atoms with Crippen molar-refractivity contribution in [2.75, 3.05) is 0 Å². The fraction of sp³-hybridized carbons (Fsp3) is 0. The molecule has 0 spiro atoms. The molecule has 1 heterocycles. The summed E-state index contributed by atoms with van der Waals surface area (Å²) < 4.78 is -0.229. The Hall–Kier alpha value is 1.87. The Morgan fingerprint density at radius 1 is 0.900 bits per heavy atom. The number of hydrogen-bond donors (Lipinski definition) is 0. The van der Waals surface area contributed by atoms with Gasteiger partial charge in [-0.3, -0.25) is 4.98 Å². The number of pyridine rings is 1. The number of aromatic nitrogens is 1. The van der Waals surface area contributed by atoms with Crippen LogP contribution in [0.4, 0.5) is 0 Å². The largest absolute Gasteiger partial charge is 0.524 e. The molecule has 0 radical (unpaired) electrons. The van der Waals surface area contributed by atoms with Crippen molar-refractivity contribution in [1.82, 2.24) is 4.98 Å². The van der Waals surface area contributed by atoms with Crippen LogP contribution in [-0.2, 0) is 0 Å². The molecule has 0 unspecified atom stereocenters. The Morgan fingerprint density at radius 3 is 1.40 bits per heavy atom. The second kappa shape index (κ2) is 8.96. The van der Waals surface area contributed by atoms with Crippen LogP contribution in [0, 0.1) is 0 Å². The second-order valence-electron chi connectivity index (χ2n) is 1.27. The highest BCUT2D eigenvalue weighted by Gasteiger charge is 1.94. The predicted molar refractivity (Wildman–Crippen MR) is 72.1 cm³/mol. The van der Waals surface area contributed by atoms with Gasteiger partial charge in [-0.2, -0.15) is 60.8 Å². The van der Waals surface area contributed by atoms with E-state index in [9.17, 15) is 0 Å². The fourth-order valence-corrected chi connectivity index (χ4v) is 0.313. The molecule has 0 saturated heterocycles. The molecule has 1 rings (SSSR count). The Morgan fingerprint density at radius 2 is 1.30 bits per heavy atom. The molecule has 1 aromatic heterocycles. The summed E-state index contributed by atoms with van der Waals surface area (Å²) in [7, 11) is 0. The minimum absolute atomic E-state index is 0.229. The first-order chi connectivity index (χ1) is 4.73. The van der Waals surface area contributed by atoms with Gasteiger partial charge in [-0.25, -0.2) is 0 Å². The maximum Gasteiger partial charge on any atom is 0.524 e. The zero-order chi connectivity index (χ0) is 7.82. The van der Waals surface area contributed by atoms with Gasteiger partial charge >= 0.3 is 4.30 Å². The van der Waals surface area contributed by atoms with Crippen LogP contribution in [-0.4, -0.2) is 9.28 Å². The Bertz CT molecular complexity index is 117. The third-order valence-electron chi connectivity index (χ3n) is 0.566. The molecule has 0 aliphatic rings. The summed E-state index contributed by atoms with van der Waals surface area (Å²) in [6, 6.07) is 5.72. The van der Waals surface area contributed by atoms with Crippen molar-refractivity contribution in [2.45, 2.75) is 0 Å². The molecule has 0 aliphatic carbocycles. The lowest BCUT2D eigenvalue weighted by Crippen LogP contribution is -1.59. The summed E-state index contributed by atoms with van der Waals surface area (Å²) in [5.74, 6) is 0. The zero-order valence-corrected chi connectivity index (χ0v) is 12.7. The van der Waals surface area contributed by atoms with Crippen molar-refractivity contribution < 1.29 is 0 Å². The van der Waals surface area contributed by atoms with Crippen LogP contribution in [0.5, 0.6) is 0 Å². The SMILES string of the molecule is [I][Al]([I])[I].c1ccncc1. The smallest absolute Gasteiger partial charge is 0.265 e. The molecule has 5 heteroatoms. The Kier molecular flexibility index (Phi) is 10.6.